The lowest BCUT2D eigenvalue weighted by molar-refractivity contribution is -0.0302. The molecular formula is C29H51N3O3. The van der Waals surface area contributed by atoms with Gasteiger partial charge in [-0.15, -0.1) is 0 Å². The van der Waals surface area contributed by atoms with Gasteiger partial charge in [-0.3, -0.25) is 5.01 Å². The van der Waals surface area contributed by atoms with Crippen LogP contribution in [-0.2, 0) is 14.2 Å². The van der Waals surface area contributed by atoms with E-state index in [1.807, 2.05) is 0 Å². The molecule has 0 amide bonds. The first-order valence-electron chi connectivity index (χ1n) is 15.2. The Morgan fingerprint density at radius 1 is 0.771 bits per heavy atom. The van der Waals surface area contributed by atoms with Gasteiger partial charge in [0.25, 0.3) is 0 Å². The number of ether oxygens (including phenoxy) is 3. The molecule has 35 heavy (non-hydrogen) atoms. The Hall–Kier alpha value is -0.720. The van der Waals surface area contributed by atoms with Gasteiger partial charge in [-0.1, -0.05) is 69.9 Å². The van der Waals surface area contributed by atoms with Crippen molar-refractivity contribution in [2.45, 2.75) is 147 Å². The lowest BCUT2D eigenvalue weighted by atomic mass is 9.86. The van der Waals surface area contributed by atoms with Crippen molar-refractivity contribution in [1.29, 1.82) is 0 Å². The van der Waals surface area contributed by atoms with Crippen LogP contribution in [0, 0.1) is 17.8 Å². The molecule has 0 radical (unpaired) electrons. The third-order valence-corrected chi connectivity index (χ3v) is 9.72. The molecule has 5 aliphatic rings. The molecule has 0 bridgehead atoms. The summed E-state index contributed by atoms with van der Waals surface area (Å²) in [5, 5.41) is 11.2. The molecule has 6 heteroatoms. The fourth-order valence-electron chi connectivity index (χ4n) is 7.45. The van der Waals surface area contributed by atoms with Crippen LogP contribution >= 0.6 is 0 Å². The van der Waals surface area contributed by atoms with E-state index in [0.717, 1.165) is 31.3 Å². The molecule has 200 valence electrons. The van der Waals surface area contributed by atoms with E-state index in [1.165, 1.54) is 89.9 Å². The van der Waals surface area contributed by atoms with Gasteiger partial charge in [0.05, 0.1) is 50.2 Å². The molecule has 2 saturated heterocycles. The number of nitrogens with zero attached hydrogens (tertiary/aromatic N) is 3. The molecule has 0 aromatic heterocycles. The maximum Gasteiger partial charge on any atom is 0.115 e. The summed E-state index contributed by atoms with van der Waals surface area (Å²) in [6.07, 6.45) is 21.7. The predicted molar refractivity (Wildman–Crippen MR) is 138 cm³/mol. The summed E-state index contributed by atoms with van der Waals surface area (Å²) >= 11 is 0. The number of rotatable bonds is 7. The third kappa shape index (κ3) is 6.98. The molecule has 0 aromatic carbocycles. The summed E-state index contributed by atoms with van der Waals surface area (Å²) in [6, 6.07) is 0.136. The van der Waals surface area contributed by atoms with Crippen molar-refractivity contribution in [3.05, 3.63) is 0 Å². The molecule has 2 aliphatic carbocycles. The Bertz CT molecular complexity index is 660. The summed E-state index contributed by atoms with van der Waals surface area (Å²) in [5.41, 5.74) is 0. The predicted octanol–water partition coefficient (Wildman–Crippen LogP) is 6.72. The lowest BCUT2D eigenvalue weighted by Gasteiger charge is -2.25. The van der Waals surface area contributed by atoms with Crippen molar-refractivity contribution >= 4 is 0 Å². The van der Waals surface area contributed by atoms with Crippen molar-refractivity contribution < 1.29 is 14.2 Å². The highest BCUT2D eigenvalue weighted by atomic mass is 16.6. The zero-order chi connectivity index (χ0) is 24.0. The molecule has 5 rings (SSSR count). The van der Waals surface area contributed by atoms with Crippen molar-refractivity contribution in [2.75, 3.05) is 19.7 Å². The van der Waals surface area contributed by atoms with Crippen molar-refractivity contribution in [1.82, 2.24) is 5.01 Å². The molecular weight excluding hydrogens is 438 g/mol. The van der Waals surface area contributed by atoms with E-state index in [-0.39, 0.29) is 24.4 Å². The highest BCUT2D eigenvalue weighted by Gasteiger charge is 2.40. The lowest BCUT2D eigenvalue weighted by Crippen LogP contribution is -2.34. The van der Waals surface area contributed by atoms with Gasteiger partial charge in [0.2, 0.25) is 0 Å². The molecule has 0 aromatic rings. The fraction of sp³-hybridized carbons (Fsp3) is 1.00. The third-order valence-electron chi connectivity index (χ3n) is 9.72. The summed E-state index contributed by atoms with van der Waals surface area (Å²) in [5.74, 6) is 2.10. The Balaban J connectivity index is 1.02. The molecule has 6 nitrogen and oxygen atoms in total. The SMILES string of the molecule is CC1C[C@H](C2CCCCCC2)O[C@@H]1CN1CC(COC2C[C@H](C3CCCCCCC3)O[C@@H]2C)N=N1. The molecule has 3 unspecified atom stereocenters. The second-order valence-electron chi connectivity index (χ2n) is 12.5. The van der Waals surface area contributed by atoms with Crippen LogP contribution in [-0.4, -0.2) is 61.3 Å². The van der Waals surface area contributed by atoms with Crippen LogP contribution in [0.15, 0.2) is 10.3 Å². The zero-order valence-corrected chi connectivity index (χ0v) is 22.5. The van der Waals surface area contributed by atoms with Gasteiger partial charge in [-0.05, 0) is 56.8 Å². The van der Waals surface area contributed by atoms with E-state index < -0.39 is 0 Å². The molecule has 7 atom stereocenters. The number of hydrogen-bond acceptors (Lipinski definition) is 6. The Morgan fingerprint density at radius 2 is 1.37 bits per heavy atom. The average molecular weight is 490 g/mol. The topological polar surface area (TPSA) is 55.7 Å². The summed E-state index contributed by atoms with van der Waals surface area (Å²) < 4.78 is 19.4. The Morgan fingerprint density at radius 3 is 2.03 bits per heavy atom. The molecule has 3 heterocycles. The molecule has 3 aliphatic heterocycles. The van der Waals surface area contributed by atoms with Crippen LogP contribution in [0.2, 0.25) is 0 Å². The first-order chi connectivity index (χ1) is 17.2. The van der Waals surface area contributed by atoms with E-state index in [4.69, 9.17) is 14.2 Å². The smallest absolute Gasteiger partial charge is 0.115 e. The van der Waals surface area contributed by atoms with Crippen molar-refractivity contribution in [2.24, 2.45) is 28.1 Å². The number of hydrogen-bond donors (Lipinski definition) is 0. The monoisotopic (exact) mass is 489 g/mol. The maximum absolute atomic E-state index is 6.62. The van der Waals surface area contributed by atoms with Crippen molar-refractivity contribution in [3.63, 3.8) is 0 Å². The minimum atomic E-state index is 0.136. The second kappa shape index (κ2) is 12.7. The summed E-state index contributed by atoms with van der Waals surface area (Å²) in [4.78, 5) is 0. The fourth-order valence-corrected chi connectivity index (χ4v) is 7.45. The Kier molecular flexibility index (Phi) is 9.39. The Labute approximate surface area is 213 Å². The highest BCUT2D eigenvalue weighted by Crippen LogP contribution is 2.38. The quantitative estimate of drug-likeness (QED) is 0.372. The molecule has 0 N–H and O–H groups in total. The highest BCUT2D eigenvalue weighted by molar-refractivity contribution is 4.89. The maximum atomic E-state index is 6.62. The van der Waals surface area contributed by atoms with Crippen LogP contribution in [0.4, 0.5) is 0 Å². The molecule has 4 fully saturated rings. The second-order valence-corrected chi connectivity index (χ2v) is 12.5. The zero-order valence-electron chi connectivity index (χ0n) is 22.5. The minimum Gasteiger partial charge on any atom is -0.373 e. The first-order valence-corrected chi connectivity index (χ1v) is 15.2. The minimum absolute atomic E-state index is 0.136. The van der Waals surface area contributed by atoms with E-state index in [0.29, 0.717) is 24.7 Å². The van der Waals surface area contributed by atoms with Crippen LogP contribution < -0.4 is 0 Å². The largest absolute Gasteiger partial charge is 0.373 e. The average Bonchev–Trinajstić information content (AvgIpc) is 3.45. The summed E-state index contributed by atoms with van der Waals surface area (Å²) in [6.45, 7) is 6.94. The molecule has 2 saturated carbocycles. The van der Waals surface area contributed by atoms with Gasteiger partial charge in [0.1, 0.15) is 6.04 Å². The van der Waals surface area contributed by atoms with Gasteiger partial charge in [-0.25, -0.2) is 0 Å². The van der Waals surface area contributed by atoms with Crippen LogP contribution in [0.1, 0.15) is 110 Å². The van der Waals surface area contributed by atoms with Crippen molar-refractivity contribution in [3.8, 4) is 0 Å². The van der Waals surface area contributed by atoms with Gasteiger partial charge < -0.3 is 14.2 Å². The van der Waals surface area contributed by atoms with Gasteiger partial charge in [0.15, 0.2) is 0 Å². The van der Waals surface area contributed by atoms with Crippen LogP contribution in [0.3, 0.4) is 0 Å². The first kappa shape index (κ1) is 25.9. The normalized spacial score (nSPS) is 40.2. The van der Waals surface area contributed by atoms with Gasteiger partial charge >= 0.3 is 0 Å². The van der Waals surface area contributed by atoms with Crippen LogP contribution in [0.5, 0.6) is 0 Å². The van der Waals surface area contributed by atoms with E-state index in [2.05, 4.69) is 29.2 Å². The van der Waals surface area contributed by atoms with E-state index >= 15 is 0 Å². The van der Waals surface area contributed by atoms with E-state index in [9.17, 15) is 0 Å². The molecule has 0 spiro atoms. The standard InChI is InChI=1S/C29H51N3O3/c1-21-16-27(23-12-10-6-7-11-13-23)35-29(21)19-32-18-25(30-31-32)20-33-26-17-28(34-22(26)2)24-14-8-4-3-5-9-15-24/h21-29H,3-20H2,1-2H3/t21?,22-,25?,26?,27-,28-,29-/m1/s1. The van der Waals surface area contributed by atoms with Gasteiger partial charge in [-0.2, -0.15) is 5.11 Å². The van der Waals surface area contributed by atoms with Gasteiger partial charge in [0, 0.05) is 6.42 Å². The summed E-state index contributed by atoms with van der Waals surface area (Å²) in [7, 11) is 0. The van der Waals surface area contributed by atoms with E-state index in [1.54, 1.807) is 0 Å². The van der Waals surface area contributed by atoms with Crippen LogP contribution in [0.25, 0.3) is 0 Å².